The third-order valence-corrected chi connectivity index (χ3v) is 5.39. The van der Waals surface area contributed by atoms with E-state index in [2.05, 4.69) is 5.32 Å². The van der Waals surface area contributed by atoms with Crippen molar-refractivity contribution in [3.63, 3.8) is 0 Å². The van der Waals surface area contributed by atoms with E-state index in [-0.39, 0.29) is 29.9 Å². The number of hydrogen-bond donors (Lipinski definition) is 1. The topological polar surface area (TPSA) is 66.5 Å². The normalized spacial score (nSPS) is 21.0. The molecule has 116 valence electrons. The lowest BCUT2D eigenvalue weighted by molar-refractivity contribution is -0.118. The first-order chi connectivity index (χ1) is 9.91. The number of benzene rings is 1. The predicted octanol–water partition coefficient (Wildman–Crippen LogP) is 1.12. The fraction of sp³-hybridized carbons (Fsp3) is 0.533. The number of amides is 1. The van der Waals surface area contributed by atoms with E-state index in [0.29, 0.717) is 13.1 Å². The number of carbonyl (C=O) groups is 1. The van der Waals surface area contributed by atoms with Gasteiger partial charge in [-0.25, -0.2) is 8.42 Å². The van der Waals surface area contributed by atoms with Gasteiger partial charge in [0.05, 0.1) is 11.5 Å². The molecule has 1 unspecified atom stereocenters. The van der Waals surface area contributed by atoms with Crippen LogP contribution in [0.2, 0.25) is 0 Å². The summed E-state index contributed by atoms with van der Waals surface area (Å²) in [5.41, 5.74) is 1.96. The molecule has 1 aliphatic heterocycles. The molecule has 6 heteroatoms. The van der Waals surface area contributed by atoms with Crippen LogP contribution in [0, 0.1) is 6.92 Å². The van der Waals surface area contributed by atoms with Crippen LogP contribution < -0.4 is 10.2 Å². The maximum absolute atomic E-state index is 12.5. The maximum atomic E-state index is 12.5. The number of sulfone groups is 1. The SMILES string of the molecule is CCN(C(=O)CC1CS(=O)(=O)CCN1)c1cccc(C)c1. The standard InChI is InChI=1S/C15H22N2O3S/c1-3-17(14-6-4-5-12(2)9-14)15(18)10-13-11-21(19,20)8-7-16-13/h4-6,9,13,16H,3,7-8,10-11H2,1-2H3. The van der Waals surface area contributed by atoms with Gasteiger partial charge in [0.2, 0.25) is 5.91 Å². The zero-order valence-corrected chi connectivity index (χ0v) is 13.3. The van der Waals surface area contributed by atoms with Gasteiger partial charge in [0, 0.05) is 31.2 Å². The van der Waals surface area contributed by atoms with Crippen LogP contribution in [0.25, 0.3) is 0 Å². The zero-order chi connectivity index (χ0) is 15.5. The highest BCUT2D eigenvalue weighted by Gasteiger charge is 2.27. The Morgan fingerprint density at radius 1 is 1.43 bits per heavy atom. The number of nitrogens with zero attached hydrogens (tertiary/aromatic N) is 1. The van der Waals surface area contributed by atoms with Crippen LogP contribution >= 0.6 is 0 Å². The first-order valence-electron chi connectivity index (χ1n) is 7.22. The Bertz CT molecular complexity index is 613. The zero-order valence-electron chi connectivity index (χ0n) is 12.5. The minimum absolute atomic E-state index is 0.0438. The van der Waals surface area contributed by atoms with Gasteiger partial charge in [0.25, 0.3) is 0 Å². The highest BCUT2D eigenvalue weighted by molar-refractivity contribution is 7.91. The monoisotopic (exact) mass is 310 g/mol. The third kappa shape index (κ3) is 4.28. The molecule has 5 nitrogen and oxygen atoms in total. The van der Waals surface area contributed by atoms with E-state index in [1.165, 1.54) is 0 Å². The molecule has 0 aromatic heterocycles. The Morgan fingerprint density at radius 3 is 2.81 bits per heavy atom. The van der Waals surface area contributed by atoms with Crippen LogP contribution in [-0.4, -0.2) is 45.0 Å². The van der Waals surface area contributed by atoms with Gasteiger partial charge in [0.15, 0.2) is 9.84 Å². The molecule has 1 fully saturated rings. The minimum atomic E-state index is -3.01. The van der Waals surface area contributed by atoms with Crippen LogP contribution in [0.3, 0.4) is 0 Å². The number of anilines is 1. The summed E-state index contributed by atoms with van der Waals surface area (Å²) < 4.78 is 23.3. The number of nitrogens with one attached hydrogen (secondary N) is 1. The van der Waals surface area contributed by atoms with Crippen LogP contribution in [-0.2, 0) is 14.6 Å². The molecule has 2 rings (SSSR count). The largest absolute Gasteiger partial charge is 0.313 e. The molecule has 1 N–H and O–H groups in total. The second kappa shape index (κ2) is 6.58. The summed E-state index contributed by atoms with van der Waals surface area (Å²) >= 11 is 0. The van der Waals surface area contributed by atoms with E-state index in [1.54, 1.807) is 4.90 Å². The fourth-order valence-electron chi connectivity index (χ4n) is 2.62. The quantitative estimate of drug-likeness (QED) is 0.905. The van der Waals surface area contributed by atoms with E-state index in [9.17, 15) is 13.2 Å². The van der Waals surface area contributed by atoms with Crippen molar-refractivity contribution in [3.8, 4) is 0 Å². The summed E-state index contributed by atoms with van der Waals surface area (Å²) in [6.07, 6.45) is 0.209. The van der Waals surface area contributed by atoms with Crippen molar-refractivity contribution in [2.45, 2.75) is 26.3 Å². The van der Waals surface area contributed by atoms with Gasteiger partial charge in [-0.15, -0.1) is 0 Å². The Balaban J connectivity index is 2.07. The second-order valence-electron chi connectivity index (χ2n) is 5.45. The number of hydrogen-bond acceptors (Lipinski definition) is 4. The van der Waals surface area contributed by atoms with Gasteiger partial charge < -0.3 is 10.2 Å². The maximum Gasteiger partial charge on any atom is 0.228 e. The van der Waals surface area contributed by atoms with Crippen LogP contribution in [0.5, 0.6) is 0 Å². The first-order valence-corrected chi connectivity index (χ1v) is 9.04. The Hall–Kier alpha value is -1.40. The average Bonchev–Trinajstić information content (AvgIpc) is 2.38. The summed E-state index contributed by atoms with van der Waals surface area (Å²) in [5.74, 6) is 0.162. The van der Waals surface area contributed by atoms with Crippen molar-refractivity contribution in [2.24, 2.45) is 0 Å². The molecule has 0 saturated carbocycles. The average molecular weight is 310 g/mol. The predicted molar refractivity (Wildman–Crippen MR) is 84.3 cm³/mol. The highest BCUT2D eigenvalue weighted by atomic mass is 32.2. The lowest BCUT2D eigenvalue weighted by Crippen LogP contribution is -2.48. The van der Waals surface area contributed by atoms with Crippen LogP contribution in [0.4, 0.5) is 5.69 Å². The minimum Gasteiger partial charge on any atom is -0.313 e. The lowest BCUT2D eigenvalue weighted by atomic mass is 10.1. The molecule has 1 aromatic carbocycles. The van der Waals surface area contributed by atoms with Gasteiger partial charge in [0.1, 0.15) is 0 Å². The molecule has 21 heavy (non-hydrogen) atoms. The van der Waals surface area contributed by atoms with Crippen molar-refractivity contribution in [3.05, 3.63) is 29.8 Å². The van der Waals surface area contributed by atoms with Crippen molar-refractivity contribution in [2.75, 3.05) is 29.5 Å². The van der Waals surface area contributed by atoms with Crippen molar-refractivity contribution in [1.29, 1.82) is 0 Å². The van der Waals surface area contributed by atoms with Gasteiger partial charge in [-0.1, -0.05) is 12.1 Å². The molecule has 1 atom stereocenters. The van der Waals surface area contributed by atoms with Crippen molar-refractivity contribution in [1.82, 2.24) is 5.32 Å². The fourth-order valence-corrected chi connectivity index (χ4v) is 4.06. The van der Waals surface area contributed by atoms with Gasteiger partial charge in [-0.3, -0.25) is 4.79 Å². The van der Waals surface area contributed by atoms with Gasteiger partial charge in [-0.2, -0.15) is 0 Å². The summed E-state index contributed by atoms with van der Waals surface area (Å²) in [4.78, 5) is 14.2. The molecule has 1 aliphatic rings. The van der Waals surface area contributed by atoms with Crippen molar-refractivity contribution < 1.29 is 13.2 Å². The highest BCUT2D eigenvalue weighted by Crippen LogP contribution is 2.18. The third-order valence-electron chi connectivity index (χ3n) is 3.65. The van der Waals surface area contributed by atoms with Crippen LogP contribution in [0.15, 0.2) is 24.3 Å². The summed E-state index contributed by atoms with van der Waals surface area (Å²) in [6.45, 7) is 4.90. The number of carbonyl (C=O) groups excluding carboxylic acids is 1. The van der Waals surface area contributed by atoms with Crippen molar-refractivity contribution >= 4 is 21.4 Å². The molecule has 0 aliphatic carbocycles. The van der Waals surface area contributed by atoms with E-state index < -0.39 is 9.84 Å². The number of rotatable bonds is 4. The van der Waals surface area contributed by atoms with Gasteiger partial charge in [-0.05, 0) is 31.5 Å². The molecular formula is C15H22N2O3S. The summed E-state index contributed by atoms with van der Waals surface area (Å²) in [5, 5.41) is 3.12. The molecule has 0 bridgehead atoms. The van der Waals surface area contributed by atoms with E-state index in [0.717, 1.165) is 11.3 Å². The molecule has 1 heterocycles. The molecule has 1 amide bonds. The Morgan fingerprint density at radius 2 is 2.19 bits per heavy atom. The Kier molecular flexibility index (Phi) is 5.00. The van der Waals surface area contributed by atoms with Crippen LogP contribution in [0.1, 0.15) is 18.9 Å². The van der Waals surface area contributed by atoms with E-state index in [1.807, 2.05) is 38.1 Å². The lowest BCUT2D eigenvalue weighted by Gasteiger charge is -2.27. The smallest absolute Gasteiger partial charge is 0.228 e. The molecule has 0 radical (unpaired) electrons. The number of aryl methyl sites for hydroxylation is 1. The summed E-state index contributed by atoms with van der Waals surface area (Å²) in [7, 11) is -3.01. The Labute approximate surface area is 126 Å². The first kappa shape index (κ1) is 16.0. The summed E-state index contributed by atoms with van der Waals surface area (Å²) in [6, 6.07) is 7.49. The molecule has 1 saturated heterocycles. The van der Waals surface area contributed by atoms with E-state index in [4.69, 9.17) is 0 Å². The van der Waals surface area contributed by atoms with Gasteiger partial charge >= 0.3 is 0 Å². The van der Waals surface area contributed by atoms with E-state index >= 15 is 0 Å². The molecule has 0 spiro atoms. The molecule has 1 aromatic rings. The second-order valence-corrected chi connectivity index (χ2v) is 7.68. The molecular weight excluding hydrogens is 288 g/mol.